The number of hydrogen-bond acceptors (Lipinski definition) is 4. The molecular weight excluding hydrogens is 346 g/mol. The number of non-ortho nitro benzene ring substituents is 1. The Kier molecular flexibility index (Phi) is 4.40. The van der Waals surface area contributed by atoms with E-state index in [0.29, 0.717) is 5.69 Å². The van der Waals surface area contributed by atoms with Gasteiger partial charge in [-0.05, 0) is 80.8 Å². The largest absolute Gasteiger partial charge is 0.345 e. The Morgan fingerprint density at radius 2 is 1.56 bits per heavy atom. The van der Waals surface area contributed by atoms with Crippen molar-refractivity contribution in [1.82, 2.24) is 5.32 Å². The third-order valence-electron chi connectivity index (χ3n) is 6.89. The van der Waals surface area contributed by atoms with Crippen LogP contribution in [-0.4, -0.2) is 22.8 Å². The molecule has 7 heteroatoms. The molecule has 4 bridgehead atoms. The molecule has 27 heavy (non-hydrogen) atoms. The van der Waals surface area contributed by atoms with Crippen LogP contribution < -0.4 is 10.6 Å². The van der Waals surface area contributed by atoms with Gasteiger partial charge in [-0.1, -0.05) is 0 Å². The topological polar surface area (TPSA) is 101 Å². The van der Waals surface area contributed by atoms with Crippen LogP contribution in [0.15, 0.2) is 24.3 Å². The number of nitrogens with zero attached hydrogens (tertiary/aromatic N) is 1. The van der Waals surface area contributed by atoms with Crippen molar-refractivity contribution in [2.24, 2.45) is 23.2 Å². The van der Waals surface area contributed by atoms with E-state index in [1.165, 1.54) is 43.5 Å². The fourth-order valence-corrected chi connectivity index (χ4v) is 5.98. The molecule has 0 heterocycles. The summed E-state index contributed by atoms with van der Waals surface area (Å²) in [6, 6.07) is 5.41. The van der Waals surface area contributed by atoms with Gasteiger partial charge in [0, 0.05) is 23.9 Å². The zero-order chi connectivity index (χ0) is 19.2. The third kappa shape index (κ3) is 3.42. The summed E-state index contributed by atoms with van der Waals surface area (Å²) in [4.78, 5) is 34.8. The van der Waals surface area contributed by atoms with Crippen LogP contribution in [0, 0.1) is 33.3 Å². The molecule has 2 amide bonds. The van der Waals surface area contributed by atoms with Crippen molar-refractivity contribution in [2.45, 2.75) is 51.5 Å². The molecule has 4 aliphatic rings. The third-order valence-corrected chi connectivity index (χ3v) is 6.89. The molecule has 1 unspecified atom stereocenters. The molecule has 4 aliphatic carbocycles. The zero-order valence-corrected chi connectivity index (χ0v) is 15.4. The summed E-state index contributed by atoms with van der Waals surface area (Å²) in [5.74, 6) is 0.968. The molecule has 144 valence electrons. The van der Waals surface area contributed by atoms with Crippen LogP contribution in [0.5, 0.6) is 0 Å². The van der Waals surface area contributed by atoms with E-state index in [0.717, 1.165) is 37.0 Å². The van der Waals surface area contributed by atoms with Crippen molar-refractivity contribution >= 4 is 23.2 Å². The van der Waals surface area contributed by atoms with Gasteiger partial charge in [0.15, 0.2) is 0 Å². The molecule has 0 aliphatic heterocycles. The van der Waals surface area contributed by atoms with E-state index in [1.807, 2.05) is 6.92 Å². The van der Waals surface area contributed by atoms with Gasteiger partial charge in [-0.15, -0.1) is 0 Å². The Labute approximate surface area is 158 Å². The average Bonchev–Trinajstić information content (AvgIpc) is 2.60. The minimum absolute atomic E-state index is 0.0268. The first kappa shape index (κ1) is 17.9. The Morgan fingerprint density at radius 3 is 2.04 bits per heavy atom. The summed E-state index contributed by atoms with van der Waals surface area (Å²) in [6.07, 6.45) is 7.47. The van der Waals surface area contributed by atoms with Crippen LogP contribution in [0.2, 0.25) is 0 Å². The van der Waals surface area contributed by atoms with Crippen LogP contribution in [0.1, 0.15) is 45.4 Å². The van der Waals surface area contributed by atoms with E-state index in [-0.39, 0.29) is 17.1 Å². The molecule has 4 fully saturated rings. The van der Waals surface area contributed by atoms with E-state index in [4.69, 9.17) is 0 Å². The quantitative estimate of drug-likeness (QED) is 0.482. The zero-order valence-electron chi connectivity index (χ0n) is 15.4. The summed E-state index contributed by atoms with van der Waals surface area (Å²) < 4.78 is 0. The van der Waals surface area contributed by atoms with E-state index < -0.39 is 16.7 Å². The summed E-state index contributed by atoms with van der Waals surface area (Å²) in [6.45, 7) is 2.03. The lowest BCUT2D eigenvalue weighted by Crippen LogP contribution is -2.57. The normalized spacial score (nSPS) is 32.0. The second-order valence-electron chi connectivity index (χ2n) is 8.73. The van der Waals surface area contributed by atoms with Crippen molar-refractivity contribution in [3.8, 4) is 0 Å². The fraction of sp³-hybridized carbons (Fsp3) is 0.600. The van der Waals surface area contributed by atoms with Gasteiger partial charge in [0.2, 0.25) is 0 Å². The maximum Gasteiger partial charge on any atom is 0.313 e. The highest BCUT2D eigenvalue weighted by molar-refractivity contribution is 6.39. The molecule has 0 radical (unpaired) electrons. The number of amides is 2. The van der Waals surface area contributed by atoms with Gasteiger partial charge in [-0.3, -0.25) is 19.7 Å². The summed E-state index contributed by atoms with van der Waals surface area (Å²) in [5.41, 5.74) is 0.439. The van der Waals surface area contributed by atoms with E-state index in [1.54, 1.807) is 0 Å². The van der Waals surface area contributed by atoms with Gasteiger partial charge in [0.1, 0.15) is 0 Å². The summed E-state index contributed by atoms with van der Waals surface area (Å²) >= 11 is 0. The van der Waals surface area contributed by atoms with Crippen molar-refractivity contribution < 1.29 is 14.5 Å². The van der Waals surface area contributed by atoms with Crippen LogP contribution in [0.25, 0.3) is 0 Å². The number of hydrogen-bond donors (Lipinski definition) is 2. The first-order chi connectivity index (χ1) is 12.8. The van der Waals surface area contributed by atoms with E-state index in [9.17, 15) is 19.7 Å². The van der Waals surface area contributed by atoms with Gasteiger partial charge in [-0.25, -0.2) is 0 Å². The minimum Gasteiger partial charge on any atom is -0.345 e. The van der Waals surface area contributed by atoms with Crippen LogP contribution in [0.4, 0.5) is 11.4 Å². The monoisotopic (exact) mass is 371 g/mol. The van der Waals surface area contributed by atoms with Crippen LogP contribution in [-0.2, 0) is 9.59 Å². The minimum atomic E-state index is -0.736. The van der Waals surface area contributed by atoms with E-state index >= 15 is 0 Å². The van der Waals surface area contributed by atoms with Gasteiger partial charge < -0.3 is 10.6 Å². The fourth-order valence-electron chi connectivity index (χ4n) is 5.98. The number of nitro groups is 1. The lowest BCUT2D eigenvalue weighted by Gasteiger charge is -2.59. The van der Waals surface area contributed by atoms with Crippen molar-refractivity contribution in [3.05, 3.63) is 34.4 Å². The van der Waals surface area contributed by atoms with Crippen molar-refractivity contribution in [1.29, 1.82) is 0 Å². The molecule has 4 saturated carbocycles. The smallest absolute Gasteiger partial charge is 0.313 e. The number of anilines is 1. The first-order valence-electron chi connectivity index (χ1n) is 9.71. The summed E-state index contributed by atoms with van der Waals surface area (Å²) in [5, 5.41) is 16.1. The molecule has 5 rings (SSSR count). The average molecular weight is 371 g/mol. The number of nitro benzene ring substituents is 1. The SMILES string of the molecule is CC(NC(=O)C(=O)Nc1ccc([N+](=O)[O-])cc1)C12CC3CC(CC(C3)C1)C2. The summed E-state index contributed by atoms with van der Waals surface area (Å²) in [7, 11) is 0. The van der Waals surface area contributed by atoms with Gasteiger partial charge in [0.05, 0.1) is 4.92 Å². The number of carbonyl (C=O) groups excluding carboxylic acids is 2. The molecule has 1 aromatic carbocycles. The Balaban J connectivity index is 1.37. The van der Waals surface area contributed by atoms with Gasteiger partial charge in [-0.2, -0.15) is 0 Å². The predicted molar refractivity (Wildman–Crippen MR) is 99.9 cm³/mol. The highest BCUT2D eigenvalue weighted by Gasteiger charge is 2.53. The molecule has 1 aromatic rings. The lowest BCUT2D eigenvalue weighted by atomic mass is 9.48. The van der Waals surface area contributed by atoms with Crippen LogP contribution in [0.3, 0.4) is 0 Å². The highest BCUT2D eigenvalue weighted by atomic mass is 16.6. The molecule has 0 spiro atoms. The second kappa shape index (κ2) is 6.62. The molecule has 2 N–H and O–H groups in total. The number of carbonyl (C=O) groups is 2. The maximum absolute atomic E-state index is 12.4. The Morgan fingerprint density at radius 1 is 1.04 bits per heavy atom. The lowest BCUT2D eigenvalue weighted by molar-refractivity contribution is -0.384. The predicted octanol–water partition coefficient (Wildman–Crippen LogP) is 3.25. The Hall–Kier alpha value is -2.44. The van der Waals surface area contributed by atoms with Crippen LogP contribution >= 0.6 is 0 Å². The molecule has 0 aromatic heterocycles. The highest BCUT2D eigenvalue weighted by Crippen LogP contribution is 2.61. The van der Waals surface area contributed by atoms with Gasteiger partial charge >= 0.3 is 11.8 Å². The molecular formula is C20H25N3O4. The first-order valence-corrected chi connectivity index (χ1v) is 9.71. The standard InChI is InChI=1S/C20H25N3O4/c1-12(20-9-13-6-14(10-20)8-15(7-13)11-20)21-18(24)19(25)22-16-2-4-17(5-3-16)23(26)27/h2-5,12-15H,6-11H2,1H3,(H,21,24)(H,22,25). The number of nitrogens with one attached hydrogen (secondary N) is 2. The Bertz CT molecular complexity index is 739. The maximum atomic E-state index is 12.4. The number of benzene rings is 1. The molecule has 0 saturated heterocycles. The van der Waals surface area contributed by atoms with E-state index in [2.05, 4.69) is 10.6 Å². The van der Waals surface area contributed by atoms with Crippen molar-refractivity contribution in [3.63, 3.8) is 0 Å². The molecule has 7 nitrogen and oxygen atoms in total. The second-order valence-corrected chi connectivity index (χ2v) is 8.73. The molecule has 1 atom stereocenters. The van der Waals surface area contributed by atoms with Gasteiger partial charge in [0.25, 0.3) is 5.69 Å². The van der Waals surface area contributed by atoms with Crippen molar-refractivity contribution in [2.75, 3.05) is 5.32 Å². The number of rotatable bonds is 4.